The summed E-state index contributed by atoms with van der Waals surface area (Å²) in [4.78, 5) is 50.1. The summed E-state index contributed by atoms with van der Waals surface area (Å²) >= 11 is 7.42. The Labute approximate surface area is 676 Å². The summed E-state index contributed by atoms with van der Waals surface area (Å²) in [5.41, 5.74) is 22.6. The number of benzene rings is 6. The van der Waals surface area contributed by atoms with Crippen molar-refractivity contribution in [2.75, 3.05) is 33.2 Å². The van der Waals surface area contributed by atoms with Crippen molar-refractivity contribution in [3.63, 3.8) is 0 Å². The Morgan fingerprint density at radius 1 is 0.509 bits per heavy atom. The monoisotopic (exact) mass is 1630 g/mol. The predicted octanol–water partition coefficient (Wildman–Crippen LogP) is 21.8. The van der Waals surface area contributed by atoms with Gasteiger partial charge in [0.1, 0.15) is 0 Å². The Hall–Kier alpha value is -9.30. The van der Waals surface area contributed by atoms with Crippen LogP contribution in [0.3, 0.4) is 0 Å². The number of alkyl halides is 1. The number of esters is 2. The minimum atomic E-state index is -0.890. The number of Topliss-reactive ketones (excluding diaryl/α,β-unsaturated/α-hetero) is 1. The fourth-order valence-corrected chi connectivity index (χ4v) is 20.2. The third-order valence-electron chi connectivity index (χ3n) is 24.3. The van der Waals surface area contributed by atoms with Crippen molar-refractivity contribution in [3.8, 4) is 58.0 Å². The molecule has 12 aromatic rings. The number of carboxylic acids is 1. The maximum absolute atomic E-state index is 13.4. The summed E-state index contributed by atoms with van der Waals surface area (Å²) in [6, 6.07) is 38.6. The number of halogens is 2. The molecule has 0 saturated heterocycles. The third-order valence-corrected chi connectivity index (χ3v) is 25.3. The van der Waals surface area contributed by atoms with E-state index >= 15 is 0 Å². The molecule has 112 heavy (non-hydrogen) atoms. The zero-order chi connectivity index (χ0) is 77.8. The molecule has 3 N–H and O–H groups in total. The van der Waals surface area contributed by atoms with E-state index in [4.69, 9.17) is 21.1 Å². The molecule has 6 aliphatic rings. The van der Waals surface area contributed by atoms with Gasteiger partial charge in [-0.1, -0.05) is 162 Å². The number of para-hydroxylation sites is 3. The predicted molar refractivity (Wildman–Crippen MR) is 464 cm³/mol. The van der Waals surface area contributed by atoms with E-state index in [-0.39, 0.29) is 17.7 Å². The van der Waals surface area contributed by atoms with Gasteiger partial charge in [-0.05, 0) is 165 Å². The molecule has 3 aliphatic carbocycles. The first-order valence-electron chi connectivity index (χ1n) is 41.0. The van der Waals surface area contributed by atoms with E-state index in [1.54, 1.807) is 6.07 Å². The smallest absolute Gasteiger partial charge is 0.337 e. The number of aromatic nitrogens is 6. The van der Waals surface area contributed by atoms with Gasteiger partial charge in [-0.15, -0.1) is 18.0 Å². The SMILES string of the molecule is C#CCCl.CC(C)NCCC(=O)c1cn2c3c(cccc13)-c1c(C3CCCCC3)c3ccc(C(=O)O)cc3n1CCC2.COC(=O)c1ccc2c(C3CCCCC3)c3n(c2c1)CCCn1cc(C#CCNC(C)C)c2cccc-3c21.COC(=O)c1ccc2c(C3CCCCC3)c3n(c2c1)CCCn1cc(I)c2cccc-3c21. The second kappa shape index (κ2) is 34.6. The van der Waals surface area contributed by atoms with E-state index in [1.165, 1.54) is 190 Å². The maximum atomic E-state index is 13.4. The van der Waals surface area contributed by atoms with Gasteiger partial charge >= 0.3 is 17.9 Å². The number of methoxy groups -OCH3 is 2. The second-order valence-corrected chi connectivity index (χ2v) is 33.4. The molecule has 15 nitrogen and oxygen atoms in total. The van der Waals surface area contributed by atoms with Crippen molar-refractivity contribution in [1.29, 1.82) is 0 Å². The van der Waals surface area contributed by atoms with Crippen LogP contribution in [-0.2, 0) is 48.7 Å². The van der Waals surface area contributed by atoms with E-state index in [2.05, 4.69) is 210 Å². The first kappa shape index (κ1) is 78.0. The van der Waals surface area contributed by atoms with Gasteiger partial charge in [-0.2, -0.15) is 0 Å². The number of terminal acetylenes is 1. The van der Waals surface area contributed by atoms with Crippen molar-refractivity contribution >= 4 is 123 Å². The van der Waals surface area contributed by atoms with E-state index < -0.39 is 5.97 Å². The highest BCUT2D eigenvalue weighted by Gasteiger charge is 2.35. The zero-order valence-corrected chi connectivity index (χ0v) is 68.6. The lowest BCUT2D eigenvalue weighted by Crippen LogP contribution is -2.25. The van der Waals surface area contributed by atoms with Crippen molar-refractivity contribution in [1.82, 2.24) is 38.0 Å². The Balaban J connectivity index is 0.000000130. The summed E-state index contributed by atoms with van der Waals surface area (Å²) < 4.78 is 26.0. The van der Waals surface area contributed by atoms with Gasteiger partial charge in [-0.3, -0.25) is 4.79 Å². The standard InChI is InChI=1S/C33H37N3O2.C32H37N3O3.C27H27IN2O2.C3H3Cl/c1-22(2)34-17-8-12-25-21-35-18-9-19-36-29-20-24(33(37)38-3)15-16-27(29)30(23-10-5-4-6-11-23)32(36)28-14-7-13-26(25)31(28)35;1-20(2)33-15-14-28(36)26-19-34-16-7-17-35-27-18-22(32(37)38)12-13-24(27)29(21-8-4-3-5-9-21)31(35)25-11-6-10-23(26)30(25)34;1-32-27(31)18-11-12-20-23(15-18)30-14-6-13-29-16-22(28)19-9-5-10-21(25(19)29)26(30)24(20)17-7-3-2-4-8-17;1-2-3-4/h7,13-16,20-23,34H,4-6,9-11,17-19H2,1-3H3;6,10-13,18-21,33H,3-5,7-9,14-17H2,1-2H3,(H,37,38);5,9-12,15-17H,2-4,6-8,13-14H2,1H3;1H,3H2. The molecule has 0 amide bonds. The molecular formula is C95H104ClIN8O7. The molecule has 0 atom stereocenters. The van der Waals surface area contributed by atoms with Crippen LogP contribution in [-0.4, -0.2) is 101 Å². The van der Waals surface area contributed by atoms with E-state index in [0.717, 1.165) is 110 Å². The Bertz CT molecular complexity index is 5680. The fourth-order valence-electron chi connectivity index (χ4n) is 19.4. The van der Waals surface area contributed by atoms with Crippen molar-refractivity contribution in [2.45, 2.75) is 219 Å². The first-order valence-corrected chi connectivity index (χ1v) is 42.6. The van der Waals surface area contributed by atoms with Gasteiger partial charge in [0.05, 0.1) is 82.5 Å². The number of rotatable bonds is 13. The maximum Gasteiger partial charge on any atom is 0.337 e. The van der Waals surface area contributed by atoms with Crippen LogP contribution in [0.5, 0.6) is 0 Å². The lowest BCUT2D eigenvalue weighted by atomic mass is 9.81. The number of carboxylic acid groups (broad SMARTS) is 1. The zero-order valence-electron chi connectivity index (χ0n) is 65.7. The number of carbonyl (C=O) groups is 4. The number of ether oxygens (including phenoxy) is 2. The number of aromatic carboxylic acids is 1. The lowest BCUT2D eigenvalue weighted by molar-refractivity contribution is 0.0592. The van der Waals surface area contributed by atoms with Crippen LogP contribution < -0.4 is 10.6 Å². The van der Waals surface area contributed by atoms with Gasteiger partial charge in [-0.25, -0.2) is 14.4 Å². The van der Waals surface area contributed by atoms with Crippen molar-refractivity contribution in [3.05, 3.63) is 176 Å². The van der Waals surface area contributed by atoms with Crippen LogP contribution in [0.25, 0.3) is 99.2 Å². The van der Waals surface area contributed by atoms with Crippen LogP contribution in [0.15, 0.2) is 128 Å². The summed E-state index contributed by atoms with van der Waals surface area (Å²) in [5.74, 6) is 9.62. The number of ketones is 1. The highest BCUT2D eigenvalue weighted by atomic mass is 127. The Morgan fingerprint density at radius 3 is 1.35 bits per heavy atom. The van der Waals surface area contributed by atoms with Crippen LogP contribution in [0.1, 0.15) is 231 Å². The summed E-state index contributed by atoms with van der Waals surface area (Å²) in [6.07, 6.45) is 33.6. The van der Waals surface area contributed by atoms with Gasteiger partial charge < -0.3 is 52.6 Å². The molecule has 3 fully saturated rings. The first-order chi connectivity index (χ1) is 54.6. The molecule has 18 rings (SSSR count). The molecule has 0 unspecified atom stereocenters. The molecular weight excluding hydrogens is 1530 g/mol. The third kappa shape index (κ3) is 15.3. The van der Waals surface area contributed by atoms with Gasteiger partial charge in [0, 0.05) is 158 Å². The molecule has 6 aromatic carbocycles. The Kier molecular flexibility index (Phi) is 24.1. The average molecular weight is 1630 g/mol. The average Bonchev–Trinajstić information content (AvgIpc) is 1.58. The molecule has 3 aliphatic heterocycles. The van der Waals surface area contributed by atoms with Crippen LogP contribution >= 0.6 is 34.2 Å². The number of fused-ring (bicyclic) bond motifs is 12. The molecule has 17 heteroatoms. The quantitative estimate of drug-likeness (QED) is 0.0336. The molecule has 3 saturated carbocycles. The van der Waals surface area contributed by atoms with Crippen LogP contribution in [0.2, 0.25) is 0 Å². The molecule has 0 radical (unpaired) electrons. The fraction of sp³-hybridized carbons (Fsp3) is 0.411. The molecule has 580 valence electrons. The molecule has 0 bridgehead atoms. The normalized spacial score (nSPS) is 15.7. The number of carbonyl (C=O) groups excluding carboxylic acids is 3. The Morgan fingerprint density at radius 2 is 0.911 bits per heavy atom. The second-order valence-electron chi connectivity index (χ2n) is 32.0. The van der Waals surface area contributed by atoms with E-state index in [9.17, 15) is 24.3 Å². The highest BCUT2D eigenvalue weighted by molar-refractivity contribution is 14.1. The summed E-state index contributed by atoms with van der Waals surface area (Å²) in [7, 11) is 2.91. The molecule has 9 heterocycles. The minimum absolute atomic E-state index is 0.178. The van der Waals surface area contributed by atoms with Crippen molar-refractivity contribution in [2.24, 2.45) is 0 Å². The summed E-state index contributed by atoms with van der Waals surface area (Å²) in [5, 5.41) is 23.9. The van der Waals surface area contributed by atoms with E-state index in [0.29, 0.717) is 71.9 Å². The van der Waals surface area contributed by atoms with E-state index in [1.807, 2.05) is 24.3 Å². The lowest BCUT2D eigenvalue weighted by Gasteiger charge is -2.25. The highest BCUT2D eigenvalue weighted by Crippen LogP contribution is 2.51. The number of nitrogens with one attached hydrogen (secondary N) is 2. The van der Waals surface area contributed by atoms with Gasteiger partial charge in [0.15, 0.2) is 5.78 Å². The van der Waals surface area contributed by atoms with Crippen LogP contribution in [0, 0.1) is 27.8 Å². The largest absolute Gasteiger partial charge is 0.478 e. The summed E-state index contributed by atoms with van der Waals surface area (Å²) in [6.45, 7) is 15.3. The van der Waals surface area contributed by atoms with Gasteiger partial charge in [0.2, 0.25) is 0 Å². The number of aryl methyl sites for hydroxylation is 6. The minimum Gasteiger partial charge on any atom is -0.478 e. The van der Waals surface area contributed by atoms with Crippen LogP contribution in [0.4, 0.5) is 0 Å². The van der Waals surface area contributed by atoms with Gasteiger partial charge in [0.25, 0.3) is 0 Å². The number of hydrogen-bond donors (Lipinski definition) is 3. The topological polar surface area (TPSA) is 161 Å². The molecule has 6 aromatic heterocycles. The number of nitrogens with zero attached hydrogens (tertiary/aromatic N) is 6. The van der Waals surface area contributed by atoms with Crippen molar-refractivity contribution < 1.29 is 33.8 Å². The number of hydrogen-bond acceptors (Lipinski definition) is 8. The molecule has 0 spiro atoms.